The molecule has 0 aliphatic carbocycles. The first-order valence-corrected chi connectivity index (χ1v) is 7.15. The molecule has 2 aliphatic heterocycles. The Bertz CT molecular complexity index is 444. The highest BCUT2D eigenvalue weighted by atomic mass is 16.2. The Balaban J connectivity index is 1.56. The minimum absolute atomic E-state index is 0.0396. The normalized spacial score (nSPS) is 24.9. The maximum absolute atomic E-state index is 12.2. The SMILES string of the molecule is Cc1nc(C(=O)N2CCC(C3CCCN3)CC2)n[nH]1. The fourth-order valence-electron chi connectivity index (χ4n) is 3.20. The molecular weight excluding hydrogens is 242 g/mol. The summed E-state index contributed by atoms with van der Waals surface area (Å²) >= 11 is 0. The molecule has 3 heterocycles. The largest absolute Gasteiger partial charge is 0.336 e. The zero-order valence-corrected chi connectivity index (χ0v) is 11.4. The van der Waals surface area contributed by atoms with Crippen LogP contribution in [0.3, 0.4) is 0 Å². The number of H-pyrrole nitrogens is 1. The van der Waals surface area contributed by atoms with E-state index in [2.05, 4.69) is 20.5 Å². The lowest BCUT2D eigenvalue weighted by molar-refractivity contribution is 0.0662. The smallest absolute Gasteiger partial charge is 0.293 e. The molecule has 6 nitrogen and oxygen atoms in total. The van der Waals surface area contributed by atoms with E-state index in [-0.39, 0.29) is 5.91 Å². The van der Waals surface area contributed by atoms with Crippen LogP contribution in [-0.4, -0.2) is 51.7 Å². The van der Waals surface area contributed by atoms with Crippen LogP contribution < -0.4 is 5.32 Å². The zero-order chi connectivity index (χ0) is 13.2. The van der Waals surface area contributed by atoms with Gasteiger partial charge in [-0.2, -0.15) is 0 Å². The molecule has 104 valence electrons. The molecule has 0 saturated carbocycles. The van der Waals surface area contributed by atoms with Crippen molar-refractivity contribution in [3.63, 3.8) is 0 Å². The van der Waals surface area contributed by atoms with Crippen LogP contribution in [0.25, 0.3) is 0 Å². The molecule has 0 aromatic carbocycles. The summed E-state index contributed by atoms with van der Waals surface area (Å²) in [6.45, 7) is 4.62. The molecule has 1 amide bonds. The molecule has 0 radical (unpaired) electrons. The van der Waals surface area contributed by atoms with E-state index in [0.717, 1.165) is 38.4 Å². The van der Waals surface area contributed by atoms with Gasteiger partial charge in [0.25, 0.3) is 5.91 Å². The van der Waals surface area contributed by atoms with Crippen LogP contribution >= 0.6 is 0 Å². The van der Waals surface area contributed by atoms with E-state index in [0.29, 0.717) is 17.7 Å². The minimum atomic E-state index is -0.0396. The summed E-state index contributed by atoms with van der Waals surface area (Å²) in [6.07, 6.45) is 4.76. The highest BCUT2D eigenvalue weighted by Gasteiger charge is 2.31. The maximum Gasteiger partial charge on any atom is 0.293 e. The Morgan fingerprint density at radius 1 is 1.32 bits per heavy atom. The summed E-state index contributed by atoms with van der Waals surface area (Å²) in [5, 5.41) is 10.2. The second-order valence-electron chi connectivity index (χ2n) is 5.58. The molecule has 6 heteroatoms. The average Bonchev–Trinajstić information content (AvgIpc) is 3.09. The van der Waals surface area contributed by atoms with Gasteiger partial charge in [-0.25, -0.2) is 4.98 Å². The molecule has 2 fully saturated rings. The number of aryl methyl sites for hydroxylation is 1. The van der Waals surface area contributed by atoms with Crippen LogP contribution in [0.4, 0.5) is 0 Å². The molecule has 2 N–H and O–H groups in total. The number of nitrogens with zero attached hydrogens (tertiary/aromatic N) is 3. The lowest BCUT2D eigenvalue weighted by atomic mass is 9.88. The van der Waals surface area contributed by atoms with E-state index < -0.39 is 0 Å². The van der Waals surface area contributed by atoms with E-state index in [1.807, 2.05) is 11.8 Å². The number of rotatable bonds is 2. The Hall–Kier alpha value is -1.43. The average molecular weight is 263 g/mol. The Labute approximate surface area is 113 Å². The van der Waals surface area contributed by atoms with Gasteiger partial charge in [-0.3, -0.25) is 9.89 Å². The van der Waals surface area contributed by atoms with Gasteiger partial charge in [0.05, 0.1) is 0 Å². The van der Waals surface area contributed by atoms with Crippen molar-refractivity contribution in [2.45, 2.75) is 38.6 Å². The zero-order valence-electron chi connectivity index (χ0n) is 11.4. The molecule has 3 rings (SSSR count). The molecule has 2 aliphatic rings. The number of aromatic nitrogens is 3. The van der Waals surface area contributed by atoms with E-state index in [1.165, 1.54) is 12.8 Å². The molecule has 1 atom stereocenters. The molecule has 19 heavy (non-hydrogen) atoms. The van der Waals surface area contributed by atoms with Crippen molar-refractivity contribution in [3.05, 3.63) is 11.6 Å². The summed E-state index contributed by atoms with van der Waals surface area (Å²) < 4.78 is 0. The van der Waals surface area contributed by atoms with Crippen LogP contribution in [0, 0.1) is 12.8 Å². The second-order valence-corrected chi connectivity index (χ2v) is 5.58. The lowest BCUT2D eigenvalue weighted by Gasteiger charge is -2.34. The van der Waals surface area contributed by atoms with Gasteiger partial charge in [0.15, 0.2) is 0 Å². The summed E-state index contributed by atoms with van der Waals surface area (Å²) in [7, 11) is 0. The molecule has 0 bridgehead atoms. The van der Waals surface area contributed by atoms with Gasteiger partial charge in [0, 0.05) is 19.1 Å². The van der Waals surface area contributed by atoms with Crippen molar-refractivity contribution < 1.29 is 4.79 Å². The Kier molecular flexibility index (Phi) is 3.50. The number of nitrogens with one attached hydrogen (secondary N) is 2. The number of aromatic amines is 1. The summed E-state index contributed by atoms with van der Waals surface area (Å²) in [5.74, 6) is 1.67. The number of piperidine rings is 1. The highest BCUT2D eigenvalue weighted by Crippen LogP contribution is 2.26. The molecule has 1 aromatic rings. The fraction of sp³-hybridized carbons (Fsp3) is 0.769. The molecular formula is C13H21N5O. The summed E-state index contributed by atoms with van der Waals surface area (Å²) in [6, 6.07) is 0.669. The quantitative estimate of drug-likeness (QED) is 0.824. The molecule has 0 spiro atoms. The van der Waals surface area contributed by atoms with Crippen LogP contribution in [0.5, 0.6) is 0 Å². The van der Waals surface area contributed by atoms with Crippen LogP contribution in [0.2, 0.25) is 0 Å². The van der Waals surface area contributed by atoms with Gasteiger partial charge in [0.1, 0.15) is 5.82 Å². The Morgan fingerprint density at radius 2 is 2.11 bits per heavy atom. The number of carbonyl (C=O) groups excluding carboxylic acids is 1. The van der Waals surface area contributed by atoms with Gasteiger partial charge in [0.2, 0.25) is 5.82 Å². The Morgan fingerprint density at radius 3 is 2.68 bits per heavy atom. The van der Waals surface area contributed by atoms with Gasteiger partial charge < -0.3 is 10.2 Å². The van der Waals surface area contributed by atoms with Crippen LogP contribution in [0.1, 0.15) is 42.1 Å². The number of likely N-dealkylation sites (tertiary alicyclic amines) is 1. The van der Waals surface area contributed by atoms with Crippen molar-refractivity contribution in [2.75, 3.05) is 19.6 Å². The van der Waals surface area contributed by atoms with E-state index in [4.69, 9.17) is 0 Å². The van der Waals surface area contributed by atoms with Gasteiger partial charge in [-0.15, -0.1) is 5.10 Å². The molecule has 2 saturated heterocycles. The third kappa shape index (κ3) is 2.63. The second kappa shape index (κ2) is 5.28. The number of amides is 1. The standard InChI is InChI=1S/C13H21N5O/c1-9-15-12(17-16-9)13(19)18-7-4-10(5-8-18)11-3-2-6-14-11/h10-11,14H,2-8H2,1H3,(H,15,16,17). The van der Waals surface area contributed by atoms with E-state index in [1.54, 1.807) is 0 Å². The summed E-state index contributed by atoms with van der Waals surface area (Å²) in [5.41, 5.74) is 0. The first-order chi connectivity index (χ1) is 9.24. The van der Waals surface area contributed by atoms with Crippen molar-refractivity contribution in [2.24, 2.45) is 5.92 Å². The van der Waals surface area contributed by atoms with Crippen molar-refractivity contribution in [1.29, 1.82) is 0 Å². The summed E-state index contributed by atoms with van der Waals surface area (Å²) in [4.78, 5) is 18.2. The molecule has 1 unspecified atom stereocenters. The van der Waals surface area contributed by atoms with Crippen LogP contribution in [-0.2, 0) is 0 Å². The minimum Gasteiger partial charge on any atom is -0.336 e. The topological polar surface area (TPSA) is 73.9 Å². The lowest BCUT2D eigenvalue weighted by Crippen LogP contribution is -2.43. The fourth-order valence-corrected chi connectivity index (χ4v) is 3.20. The third-order valence-corrected chi connectivity index (χ3v) is 4.28. The predicted octanol–water partition coefficient (Wildman–Crippen LogP) is 0.717. The number of hydrogen-bond acceptors (Lipinski definition) is 4. The van der Waals surface area contributed by atoms with Crippen molar-refractivity contribution >= 4 is 5.91 Å². The van der Waals surface area contributed by atoms with Crippen LogP contribution in [0.15, 0.2) is 0 Å². The van der Waals surface area contributed by atoms with Gasteiger partial charge >= 0.3 is 0 Å². The monoisotopic (exact) mass is 263 g/mol. The van der Waals surface area contributed by atoms with Gasteiger partial charge in [-0.1, -0.05) is 0 Å². The van der Waals surface area contributed by atoms with Gasteiger partial charge in [-0.05, 0) is 45.1 Å². The first kappa shape index (κ1) is 12.6. The molecule has 1 aromatic heterocycles. The van der Waals surface area contributed by atoms with Crippen molar-refractivity contribution in [3.8, 4) is 0 Å². The van der Waals surface area contributed by atoms with E-state index in [9.17, 15) is 4.79 Å². The number of hydrogen-bond donors (Lipinski definition) is 2. The third-order valence-electron chi connectivity index (χ3n) is 4.28. The predicted molar refractivity (Wildman–Crippen MR) is 70.8 cm³/mol. The highest BCUT2D eigenvalue weighted by molar-refractivity contribution is 5.90. The first-order valence-electron chi connectivity index (χ1n) is 7.15. The van der Waals surface area contributed by atoms with E-state index >= 15 is 0 Å². The maximum atomic E-state index is 12.2. The number of carbonyl (C=O) groups is 1. The van der Waals surface area contributed by atoms with Crippen molar-refractivity contribution in [1.82, 2.24) is 25.4 Å².